The molecule has 1 aromatic heterocycles. The molecule has 1 saturated heterocycles. The summed E-state index contributed by atoms with van der Waals surface area (Å²) >= 11 is 1.52. The molecule has 0 saturated carbocycles. The Morgan fingerprint density at radius 2 is 1.73 bits per heavy atom. The first-order valence-corrected chi connectivity index (χ1v) is 10.8. The third-order valence-corrected chi connectivity index (χ3v) is 6.13. The van der Waals surface area contributed by atoms with Gasteiger partial charge in [0.15, 0.2) is 0 Å². The Kier molecular flexibility index (Phi) is 6.31. The van der Waals surface area contributed by atoms with Crippen molar-refractivity contribution in [2.45, 2.75) is 16.3 Å². The van der Waals surface area contributed by atoms with E-state index in [9.17, 15) is 4.79 Å². The second-order valence-electron chi connectivity index (χ2n) is 7.06. The maximum Gasteiger partial charge on any atom is 0.256 e. The second kappa shape index (κ2) is 9.47. The highest BCUT2D eigenvalue weighted by Gasteiger charge is 2.23. The van der Waals surface area contributed by atoms with E-state index in [1.807, 2.05) is 71.6 Å². The summed E-state index contributed by atoms with van der Waals surface area (Å²) in [6, 6.07) is 23.5. The minimum Gasteiger partial charge on any atom is -0.370 e. The molecule has 6 heteroatoms. The monoisotopic (exact) mass is 414 g/mol. The fourth-order valence-corrected chi connectivity index (χ4v) is 4.43. The van der Waals surface area contributed by atoms with E-state index in [4.69, 9.17) is 5.26 Å². The summed E-state index contributed by atoms with van der Waals surface area (Å²) in [6.45, 7) is 3.02. The summed E-state index contributed by atoms with van der Waals surface area (Å²) in [6.07, 6.45) is 2.63. The highest BCUT2D eigenvalue weighted by molar-refractivity contribution is 7.99. The standard InChI is InChI=1S/C24H22N4OS/c25-18-19-9-11-20(12-10-19)27-14-5-15-28(17-16-27)24(29)22-8-4-13-26-23(22)30-21-6-2-1-3-7-21/h1-4,6-13H,5,14-17H2. The molecule has 4 rings (SSSR count). The van der Waals surface area contributed by atoms with Crippen LogP contribution in [-0.2, 0) is 0 Å². The van der Waals surface area contributed by atoms with Gasteiger partial charge in [-0.2, -0.15) is 5.26 Å². The molecule has 30 heavy (non-hydrogen) atoms. The van der Waals surface area contributed by atoms with Gasteiger partial charge in [-0.25, -0.2) is 4.98 Å². The molecule has 0 aliphatic carbocycles. The van der Waals surface area contributed by atoms with E-state index in [0.29, 0.717) is 17.7 Å². The number of amides is 1. The van der Waals surface area contributed by atoms with Crippen molar-refractivity contribution in [2.75, 3.05) is 31.1 Å². The summed E-state index contributed by atoms with van der Waals surface area (Å²) in [4.78, 5) is 23.0. The Labute approximate surface area is 181 Å². The predicted octanol–water partition coefficient (Wildman–Crippen LogP) is 4.46. The summed E-state index contributed by atoms with van der Waals surface area (Å²) in [5.41, 5.74) is 2.40. The van der Waals surface area contributed by atoms with E-state index < -0.39 is 0 Å². The van der Waals surface area contributed by atoms with E-state index in [1.54, 1.807) is 6.20 Å². The van der Waals surface area contributed by atoms with Crippen LogP contribution in [0.5, 0.6) is 0 Å². The van der Waals surface area contributed by atoms with Gasteiger partial charge in [0.25, 0.3) is 5.91 Å². The quantitative estimate of drug-likeness (QED) is 0.631. The van der Waals surface area contributed by atoms with Crippen LogP contribution in [-0.4, -0.2) is 42.0 Å². The van der Waals surface area contributed by atoms with Crippen LogP contribution in [0.25, 0.3) is 0 Å². The molecule has 1 aliphatic rings. The van der Waals surface area contributed by atoms with Gasteiger partial charge in [-0.15, -0.1) is 0 Å². The van der Waals surface area contributed by atoms with Crippen LogP contribution in [0, 0.1) is 11.3 Å². The fourth-order valence-electron chi connectivity index (χ4n) is 3.53. The zero-order valence-electron chi connectivity index (χ0n) is 16.6. The van der Waals surface area contributed by atoms with Crippen molar-refractivity contribution in [1.82, 2.24) is 9.88 Å². The number of anilines is 1. The van der Waals surface area contributed by atoms with Gasteiger partial charge in [-0.1, -0.05) is 30.0 Å². The van der Waals surface area contributed by atoms with Crippen molar-refractivity contribution in [3.63, 3.8) is 0 Å². The van der Waals surface area contributed by atoms with E-state index in [0.717, 1.165) is 41.7 Å². The zero-order chi connectivity index (χ0) is 20.8. The summed E-state index contributed by atoms with van der Waals surface area (Å²) in [5, 5.41) is 9.73. The molecule has 2 heterocycles. The van der Waals surface area contributed by atoms with Crippen LogP contribution in [0.4, 0.5) is 5.69 Å². The highest BCUT2D eigenvalue weighted by Crippen LogP contribution is 2.29. The number of benzene rings is 2. The molecule has 0 N–H and O–H groups in total. The predicted molar refractivity (Wildman–Crippen MR) is 119 cm³/mol. The molecular weight excluding hydrogens is 392 g/mol. The number of carbonyl (C=O) groups is 1. The van der Waals surface area contributed by atoms with Crippen LogP contribution in [0.2, 0.25) is 0 Å². The van der Waals surface area contributed by atoms with Gasteiger partial charge in [0.2, 0.25) is 0 Å². The van der Waals surface area contributed by atoms with Crippen LogP contribution in [0.1, 0.15) is 22.3 Å². The van der Waals surface area contributed by atoms with Crippen LogP contribution in [0.15, 0.2) is 82.8 Å². The lowest BCUT2D eigenvalue weighted by Gasteiger charge is -2.24. The van der Waals surface area contributed by atoms with Gasteiger partial charge in [0.05, 0.1) is 17.2 Å². The maximum absolute atomic E-state index is 13.3. The Hall–Kier alpha value is -3.30. The Morgan fingerprint density at radius 1 is 0.933 bits per heavy atom. The van der Waals surface area contributed by atoms with Gasteiger partial charge in [-0.05, 0) is 55.0 Å². The number of pyridine rings is 1. The number of nitrogens with zero attached hydrogens (tertiary/aromatic N) is 4. The minimum atomic E-state index is 0.0307. The molecule has 1 amide bonds. The van der Waals surface area contributed by atoms with Crippen molar-refractivity contribution >= 4 is 23.4 Å². The first kappa shape index (κ1) is 20.0. The van der Waals surface area contributed by atoms with Crippen molar-refractivity contribution in [3.05, 3.63) is 84.1 Å². The number of nitriles is 1. The number of aromatic nitrogens is 1. The Bertz CT molecular complexity index is 1050. The molecule has 2 aromatic carbocycles. The SMILES string of the molecule is N#Cc1ccc(N2CCCN(C(=O)c3cccnc3Sc3ccccc3)CC2)cc1. The van der Waals surface area contributed by atoms with Crippen molar-refractivity contribution in [1.29, 1.82) is 5.26 Å². The smallest absolute Gasteiger partial charge is 0.256 e. The van der Waals surface area contributed by atoms with Gasteiger partial charge in [0, 0.05) is 43.0 Å². The van der Waals surface area contributed by atoms with E-state index in [1.165, 1.54) is 11.8 Å². The summed E-state index contributed by atoms with van der Waals surface area (Å²) in [5.74, 6) is 0.0307. The molecular formula is C24H22N4OS. The lowest BCUT2D eigenvalue weighted by Crippen LogP contribution is -2.35. The molecule has 3 aromatic rings. The molecule has 0 bridgehead atoms. The molecule has 0 unspecified atom stereocenters. The highest BCUT2D eigenvalue weighted by atomic mass is 32.2. The zero-order valence-corrected chi connectivity index (χ0v) is 17.4. The topological polar surface area (TPSA) is 60.2 Å². The van der Waals surface area contributed by atoms with E-state index >= 15 is 0 Å². The number of carbonyl (C=O) groups excluding carboxylic acids is 1. The van der Waals surface area contributed by atoms with E-state index in [-0.39, 0.29) is 5.91 Å². The van der Waals surface area contributed by atoms with Gasteiger partial charge >= 0.3 is 0 Å². The molecule has 0 atom stereocenters. The van der Waals surface area contributed by atoms with Crippen LogP contribution in [0.3, 0.4) is 0 Å². The largest absolute Gasteiger partial charge is 0.370 e. The molecule has 0 radical (unpaired) electrons. The molecule has 0 spiro atoms. The normalized spacial score (nSPS) is 14.1. The molecule has 150 valence electrons. The average molecular weight is 415 g/mol. The lowest BCUT2D eigenvalue weighted by atomic mass is 10.2. The van der Waals surface area contributed by atoms with E-state index in [2.05, 4.69) is 16.0 Å². The Balaban J connectivity index is 1.47. The van der Waals surface area contributed by atoms with Crippen LogP contribution < -0.4 is 4.90 Å². The van der Waals surface area contributed by atoms with Gasteiger partial charge in [-0.3, -0.25) is 4.79 Å². The molecule has 1 aliphatic heterocycles. The maximum atomic E-state index is 13.3. The first-order valence-electron chi connectivity index (χ1n) is 9.97. The van der Waals surface area contributed by atoms with Crippen molar-refractivity contribution in [3.8, 4) is 6.07 Å². The molecule has 1 fully saturated rings. The fraction of sp³-hybridized carbons (Fsp3) is 0.208. The third-order valence-electron chi connectivity index (χ3n) is 5.10. The number of hydrogen-bond donors (Lipinski definition) is 0. The lowest BCUT2D eigenvalue weighted by molar-refractivity contribution is 0.0762. The Morgan fingerprint density at radius 3 is 2.50 bits per heavy atom. The first-order chi connectivity index (χ1) is 14.7. The minimum absolute atomic E-state index is 0.0307. The number of rotatable bonds is 4. The van der Waals surface area contributed by atoms with Gasteiger partial charge in [0.1, 0.15) is 5.03 Å². The van der Waals surface area contributed by atoms with Crippen LogP contribution >= 0.6 is 11.8 Å². The third kappa shape index (κ3) is 4.64. The summed E-state index contributed by atoms with van der Waals surface area (Å²) < 4.78 is 0. The average Bonchev–Trinajstić information content (AvgIpc) is 3.06. The van der Waals surface area contributed by atoms with Gasteiger partial charge < -0.3 is 9.80 Å². The molecule has 5 nitrogen and oxygen atoms in total. The van der Waals surface area contributed by atoms with Crippen molar-refractivity contribution in [2.24, 2.45) is 0 Å². The summed E-state index contributed by atoms with van der Waals surface area (Å²) in [7, 11) is 0. The second-order valence-corrected chi connectivity index (χ2v) is 8.12. The van der Waals surface area contributed by atoms with Crippen molar-refractivity contribution < 1.29 is 4.79 Å². The number of hydrogen-bond acceptors (Lipinski definition) is 5.